The molecular weight excluding hydrogens is 383 g/mol. The van der Waals surface area contributed by atoms with Gasteiger partial charge in [0.2, 0.25) is 5.91 Å². The zero-order valence-corrected chi connectivity index (χ0v) is 17.2. The first kappa shape index (κ1) is 19.8. The van der Waals surface area contributed by atoms with E-state index in [2.05, 4.69) is 16.4 Å². The molecule has 0 fully saturated rings. The van der Waals surface area contributed by atoms with Crippen molar-refractivity contribution in [2.45, 2.75) is 48.4 Å². The number of H-pyrrole nitrogens is 1. The van der Waals surface area contributed by atoms with Crippen molar-refractivity contribution in [3.63, 3.8) is 0 Å². The normalized spacial score (nSPS) is 14.0. The van der Waals surface area contributed by atoms with E-state index in [1.807, 2.05) is 30.3 Å². The number of fused-ring (bicyclic) bond motifs is 1. The maximum absolute atomic E-state index is 14.1. The molecule has 3 aromatic rings. The van der Waals surface area contributed by atoms with Gasteiger partial charge < -0.3 is 10.3 Å². The van der Waals surface area contributed by atoms with Crippen molar-refractivity contribution in [1.82, 2.24) is 10.3 Å². The lowest BCUT2D eigenvalue weighted by atomic mass is 9.97. The van der Waals surface area contributed by atoms with Gasteiger partial charge in [-0.25, -0.2) is 4.39 Å². The summed E-state index contributed by atoms with van der Waals surface area (Å²) in [6.07, 6.45) is 8.37. The molecule has 3 nitrogen and oxygen atoms in total. The summed E-state index contributed by atoms with van der Waals surface area (Å²) in [5, 5.41) is 4.89. The molecule has 1 aliphatic carbocycles. The maximum atomic E-state index is 14.1. The number of para-hydroxylation sites is 1. The molecule has 2 aromatic carbocycles. The van der Waals surface area contributed by atoms with Gasteiger partial charge in [-0.3, -0.25) is 4.79 Å². The number of aromatic amines is 1. The fourth-order valence-electron chi connectivity index (χ4n) is 3.79. The number of rotatable bonds is 7. The van der Waals surface area contributed by atoms with Crippen LogP contribution in [0.1, 0.15) is 37.7 Å². The van der Waals surface area contributed by atoms with Crippen LogP contribution in [0.25, 0.3) is 10.9 Å². The van der Waals surface area contributed by atoms with E-state index in [0.29, 0.717) is 11.4 Å². The molecule has 5 heteroatoms. The number of nitrogens with one attached hydrogen (secondary N) is 2. The molecule has 0 spiro atoms. The second-order valence-corrected chi connectivity index (χ2v) is 8.45. The van der Waals surface area contributed by atoms with Crippen LogP contribution in [0.4, 0.5) is 4.39 Å². The lowest BCUT2D eigenvalue weighted by Crippen LogP contribution is -2.26. The molecule has 0 radical (unpaired) electrons. The molecule has 2 N–H and O–H groups in total. The molecule has 150 valence electrons. The van der Waals surface area contributed by atoms with E-state index in [1.165, 1.54) is 36.2 Å². The standard InChI is InChI=1S/C24H25FN2OS/c25-20-11-5-7-13-22(20)29-24-19(18-10-4-6-12-21(18)27-24)16-23(28)26-15-14-17-8-2-1-3-9-17/h4-8,10-13,27H,1-3,9,14-16H2,(H,26,28). The minimum absolute atomic E-state index is 0.00143. The van der Waals surface area contributed by atoms with E-state index >= 15 is 0 Å². The van der Waals surface area contributed by atoms with Gasteiger partial charge in [0.1, 0.15) is 5.82 Å². The van der Waals surface area contributed by atoms with Crippen LogP contribution < -0.4 is 5.32 Å². The number of allylic oxidation sites excluding steroid dienone is 1. The number of aromatic nitrogens is 1. The van der Waals surface area contributed by atoms with Crippen molar-refractivity contribution in [2.75, 3.05) is 6.54 Å². The van der Waals surface area contributed by atoms with Crippen LogP contribution in [-0.4, -0.2) is 17.4 Å². The van der Waals surface area contributed by atoms with Gasteiger partial charge in [-0.1, -0.05) is 53.7 Å². The van der Waals surface area contributed by atoms with Gasteiger partial charge in [0, 0.05) is 27.9 Å². The molecule has 29 heavy (non-hydrogen) atoms. The Morgan fingerprint density at radius 2 is 1.93 bits per heavy atom. The average molecular weight is 409 g/mol. The van der Waals surface area contributed by atoms with Gasteiger partial charge in [-0.05, 0) is 50.3 Å². The molecule has 4 rings (SSSR count). The largest absolute Gasteiger partial charge is 0.355 e. The van der Waals surface area contributed by atoms with Crippen LogP contribution >= 0.6 is 11.8 Å². The molecular formula is C24H25FN2OS. The molecule has 0 saturated heterocycles. The van der Waals surface area contributed by atoms with E-state index < -0.39 is 0 Å². The van der Waals surface area contributed by atoms with Crippen molar-refractivity contribution in [1.29, 1.82) is 0 Å². The second-order valence-electron chi connectivity index (χ2n) is 7.40. The Hall–Kier alpha value is -2.53. The second kappa shape index (κ2) is 9.31. The van der Waals surface area contributed by atoms with Crippen molar-refractivity contribution in [3.8, 4) is 0 Å². The number of hydrogen-bond donors (Lipinski definition) is 2. The third kappa shape index (κ3) is 4.91. The highest BCUT2D eigenvalue weighted by molar-refractivity contribution is 7.99. The summed E-state index contributed by atoms with van der Waals surface area (Å²) in [5.74, 6) is -0.256. The number of carbonyl (C=O) groups excluding carboxylic acids is 1. The average Bonchev–Trinajstić information content (AvgIpc) is 3.07. The molecule has 1 heterocycles. The van der Waals surface area contributed by atoms with Crippen LogP contribution in [0.3, 0.4) is 0 Å². The smallest absolute Gasteiger partial charge is 0.224 e. The quantitative estimate of drug-likeness (QED) is 0.471. The Bertz CT molecular complexity index is 1040. The summed E-state index contributed by atoms with van der Waals surface area (Å²) in [5.41, 5.74) is 3.34. The highest BCUT2D eigenvalue weighted by Gasteiger charge is 2.17. The third-order valence-electron chi connectivity index (χ3n) is 5.31. The Labute approximate surface area is 174 Å². The Morgan fingerprint density at radius 3 is 2.76 bits per heavy atom. The zero-order valence-electron chi connectivity index (χ0n) is 16.3. The van der Waals surface area contributed by atoms with E-state index in [1.54, 1.807) is 12.1 Å². The summed E-state index contributed by atoms with van der Waals surface area (Å²) in [6.45, 7) is 0.669. The molecule has 0 atom stereocenters. The molecule has 1 aromatic heterocycles. The summed E-state index contributed by atoms with van der Waals surface area (Å²) >= 11 is 1.34. The first-order chi connectivity index (χ1) is 14.2. The van der Waals surface area contributed by atoms with Gasteiger partial charge in [0.25, 0.3) is 0 Å². The van der Waals surface area contributed by atoms with Gasteiger partial charge in [-0.2, -0.15) is 0 Å². The SMILES string of the molecule is O=C(Cc1c(Sc2ccccc2F)[nH]c2ccccc12)NCCC1=CCCCC1. The zero-order chi connectivity index (χ0) is 20.1. The fourth-order valence-corrected chi connectivity index (χ4v) is 4.79. The van der Waals surface area contributed by atoms with Crippen LogP contribution in [0, 0.1) is 5.82 Å². The van der Waals surface area contributed by atoms with Gasteiger partial charge in [-0.15, -0.1) is 0 Å². The summed E-state index contributed by atoms with van der Waals surface area (Å²) in [4.78, 5) is 16.5. The summed E-state index contributed by atoms with van der Waals surface area (Å²) in [7, 11) is 0. The van der Waals surface area contributed by atoms with Crippen molar-refractivity contribution in [3.05, 3.63) is 71.6 Å². The molecule has 0 unspecified atom stereocenters. The minimum atomic E-state index is -0.257. The van der Waals surface area contributed by atoms with Crippen LogP contribution in [0.15, 0.2) is 70.1 Å². The molecule has 1 aliphatic rings. The predicted molar refractivity (Wildman–Crippen MR) is 117 cm³/mol. The highest BCUT2D eigenvalue weighted by atomic mass is 32.2. The van der Waals surface area contributed by atoms with E-state index in [9.17, 15) is 9.18 Å². The van der Waals surface area contributed by atoms with Gasteiger partial charge in [0.05, 0.1) is 11.4 Å². The van der Waals surface area contributed by atoms with Crippen LogP contribution in [-0.2, 0) is 11.2 Å². The Kier molecular flexibility index (Phi) is 6.35. The van der Waals surface area contributed by atoms with Crippen LogP contribution in [0.2, 0.25) is 0 Å². The van der Waals surface area contributed by atoms with E-state index in [0.717, 1.165) is 40.8 Å². The number of hydrogen-bond acceptors (Lipinski definition) is 2. The lowest BCUT2D eigenvalue weighted by molar-refractivity contribution is -0.120. The Balaban J connectivity index is 1.48. The maximum Gasteiger partial charge on any atom is 0.224 e. The minimum Gasteiger partial charge on any atom is -0.355 e. The molecule has 0 bridgehead atoms. The molecule has 1 amide bonds. The van der Waals surface area contributed by atoms with Crippen LogP contribution in [0.5, 0.6) is 0 Å². The van der Waals surface area contributed by atoms with E-state index in [-0.39, 0.29) is 18.1 Å². The van der Waals surface area contributed by atoms with Crippen molar-refractivity contribution >= 4 is 28.6 Å². The summed E-state index contributed by atoms with van der Waals surface area (Å²) < 4.78 is 14.1. The monoisotopic (exact) mass is 408 g/mol. The Morgan fingerprint density at radius 1 is 1.10 bits per heavy atom. The van der Waals surface area contributed by atoms with Crippen molar-refractivity contribution in [2.24, 2.45) is 0 Å². The predicted octanol–water partition coefficient (Wildman–Crippen LogP) is 6.01. The number of halogens is 1. The van der Waals surface area contributed by atoms with Crippen molar-refractivity contribution < 1.29 is 9.18 Å². The lowest BCUT2D eigenvalue weighted by Gasteiger charge is -2.13. The molecule has 0 saturated carbocycles. The third-order valence-corrected chi connectivity index (χ3v) is 6.42. The van der Waals surface area contributed by atoms with Gasteiger partial charge >= 0.3 is 0 Å². The first-order valence-electron chi connectivity index (χ1n) is 10.2. The topological polar surface area (TPSA) is 44.9 Å². The summed E-state index contributed by atoms with van der Waals surface area (Å²) in [6, 6.07) is 14.6. The number of benzene rings is 2. The molecule has 0 aliphatic heterocycles. The van der Waals surface area contributed by atoms with E-state index in [4.69, 9.17) is 0 Å². The van der Waals surface area contributed by atoms with Gasteiger partial charge in [0.15, 0.2) is 0 Å². The highest BCUT2D eigenvalue weighted by Crippen LogP contribution is 2.35. The number of carbonyl (C=O) groups is 1. The fraction of sp³-hybridized carbons (Fsp3) is 0.292. The first-order valence-corrected chi connectivity index (χ1v) is 11.0. The number of amides is 1.